The van der Waals surface area contributed by atoms with Crippen molar-refractivity contribution in [2.75, 3.05) is 5.73 Å². The lowest BCUT2D eigenvalue weighted by Gasteiger charge is -2.24. The Balaban J connectivity index is 1.77. The number of rotatable bonds is 2. The number of carbonyl (C=O) groups excluding carboxylic acids is 1. The van der Waals surface area contributed by atoms with Gasteiger partial charge < -0.3 is 19.9 Å². The van der Waals surface area contributed by atoms with Gasteiger partial charge in [-0.05, 0) is 13.8 Å². The quantitative estimate of drug-likeness (QED) is 0.480. The molecule has 2 fully saturated rings. The third-order valence-electron chi connectivity index (χ3n) is 4.06. The summed E-state index contributed by atoms with van der Waals surface area (Å²) in [6.45, 7) is 3.48. The van der Waals surface area contributed by atoms with Crippen molar-refractivity contribution in [2.24, 2.45) is 0 Å². The van der Waals surface area contributed by atoms with Gasteiger partial charge in [-0.2, -0.15) is 0 Å². The Kier molecular flexibility index (Phi) is 3.22. The molecule has 0 radical (unpaired) electrons. The van der Waals surface area contributed by atoms with Crippen LogP contribution in [0.15, 0.2) is 12.7 Å². The number of fused-ring (bicyclic) bond motifs is 2. The highest BCUT2D eigenvalue weighted by Gasteiger charge is 2.58. The van der Waals surface area contributed by atoms with E-state index in [1.165, 1.54) is 12.7 Å². The van der Waals surface area contributed by atoms with E-state index >= 15 is 0 Å². The number of carbonyl (C=O) groups is 1. The van der Waals surface area contributed by atoms with E-state index in [0.29, 0.717) is 11.2 Å². The maximum atomic E-state index is 11.9. The monoisotopic (exact) mass is 336 g/mol. The number of nitrogen functional groups attached to an aromatic ring is 1. The van der Waals surface area contributed by atoms with Gasteiger partial charge in [-0.25, -0.2) is 20.4 Å². The summed E-state index contributed by atoms with van der Waals surface area (Å²) in [4.78, 5) is 24.2. The Morgan fingerprint density at radius 1 is 1.33 bits per heavy atom. The molecule has 2 aliphatic rings. The molecule has 0 aliphatic carbocycles. The van der Waals surface area contributed by atoms with E-state index < -0.39 is 36.2 Å². The maximum absolute atomic E-state index is 11.9. The van der Waals surface area contributed by atoms with Crippen molar-refractivity contribution in [1.82, 2.24) is 25.0 Å². The summed E-state index contributed by atoms with van der Waals surface area (Å²) in [5.74, 6) is -1.37. The fourth-order valence-corrected chi connectivity index (χ4v) is 3.13. The first-order valence-corrected chi connectivity index (χ1v) is 7.29. The van der Waals surface area contributed by atoms with Gasteiger partial charge >= 0.3 is 0 Å². The van der Waals surface area contributed by atoms with Gasteiger partial charge in [0.2, 0.25) is 0 Å². The van der Waals surface area contributed by atoms with E-state index in [0.717, 1.165) is 0 Å². The summed E-state index contributed by atoms with van der Waals surface area (Å²) in [7, 11) is 0. The number of nitrogens with two attached hydrogens (primary N) is 1. The van der Waals surface area contributed by atoms with Crippen LogP contribution in [0.4, 0.5) is 5.82 Å². The van der Waals surface area contributed by atoms with Crippen molar-refractivity contribution < 1.29 is 24.2 Å². The van der Waals surface area contributed by atoms with Crippen LogP contribution in [-0.2, 0) is 19.0 Å². The number of hydroxylamine groups is 1. The van der Waals surface area contributed by atoms with Gasteiger partial charge in [0.05, 0.1) is 6.33 Å². The molecule has 4 N–H and O–H groups in total. The average Bonchev–Trinajstić information content (AvgIpc) is 3.18. The van der Waals surface area contributed by atoms with E-state index in [1.54, 1.807) is 23.9 Å². The molecule has 0 unspecified atom stereocenters. The fourth-order valence-electron chi connectivity index (χ4n) is 3.13. The molecule has 1 amide bonds. The van der Waals surface area contributed by atoms with Gasteiger partial charge in [-0.1, -0.05) is 0 Å². The number of ether oxygens (including phenoxy) is 3. The molecular formula is C13H16N6O5. The van der Waals surface area contributed by atoms with Crippen molar-refractivity contribution in [1.29, 1.82) is 0 Å². The van der Waals surface area contributed by atoms with E-state index in [2.05, 4.69) is 15.0 Å². The predicted octanol–water partition coefficient (Wildman–Crippen LogP) is -0.669. The van der Waals surface area contributed by atoms with Gasteiger partial charge in [0.15, 0.2) is 29.6 Å². The molecule has 4 atom stereocenters. The lowest BCUT2D eigenvalue weighted by molar-refractivity contribution is -0.199. The largest absolute Gasteiger partial charge is 0.382 e. The molecule has 0 saturated carbocycles. The van der Waals surface area contributed by atoms with Crippen LogP contribution in [0.25, 0.3) is 11.2 Å². The number of hydrogen-bond acceptors (Lipinski definition) is 9. The van der Waals surface area contributed by atoms with Crippen LogP contribution in [0, 0.1) is 0 Å². The predicted molar refractivity (Wildman–Crippen MR) is 77.4 cm³/mol. The molecular weight excluding hydrogens is 320 g/mol. The average molecular weight is 336 g/mol. The minimum absolute atomic E-state index is 0.238. The summed E-state index contributed by atoms with van der Waals surface area (Å²) in [5, 5.41) is 8.94. The third-order valence-corrected chi connectivity index (χ3v) is 4.06. The highest BCUT2D eigenvalue weighted by molar-refractivity contribution is 5.82. The first kappa shape index (κ1) is 15.2. The lowest BCUT2D eigenvalue weighted by atomic mass is 10.1. The summed E-state index contributed by atoms with van der Waals surface area (Å²) < 4.78 is 19.0. The second-order valence-corrected chi connectivity index (χ2v) is 6.07. The number of hydrogen-bond donors (Lipinski definition) is 3. The molecule has 2 saturated heterocycles. The van der Waals surface area contributed by atoms with Gasteiger partial charge in [0.25, 0.3) is 5.91 Å². The van der Waals surface area contributed by atoms with Crippen LogP contribution in [0.3, 0.4) is 0 Å². The second-order valence-electron chi connectivity index (χ2n) is 6.07. The van der Waals surface area contributed by atoms with Crippen LogP contribution in [0.2, 0.25) is 0 Å². The Morgan fingerprint density at radius 3 is 2.83 bits per heavy atom. The zero-order chi connectivity index (χ0) is 17.1. The van der Waals surface area contributed by atoms with Gasteiger partial charge in [0.1, 0.15) is 24.1 Å². The molecule has 2 aliphatic heterocycles. The second kappa shape index (κ2) is 5.08. The standard InChI is InChI=1S/C13H16N6O5/c1-13(2)23-6-7(11(20)18-21)22-12(8(6)24-13)19-4-17-5-9(14)15-3-16-10(5)19/h3-4,6-8,12,21H,1-2H3,(H,18,20)(H2,14,15,16)/t6-,7+,8-,12-/m1/s1. The van der Waals surface area contributed by atoms with Crippen molar-refractivity contribution in [3.63, 3.8) is 0 Å². The smallest absolute Gasteiger partial charge is 0.275 e. The Bertz CT molecular complexity index is 807. The molecule has 0 spiro atoms. The SMILES string of the molecule is CC1(C)O[C@@H]2[C@H](O1)[C@@H](C(=O)NO)O[C@H]2n1cnc2c(N)ncnc21. The topological polar surface area (TPSA) is 147 Å². The van der Waals surface area contributed by atoms with Crippen molar-refractivity contribution in [2.45, 2.75) is 44.2 Å². The van der Waals surface area contributed by atoms with Crippen LogP contribution >= 0.6 is 0 Å². The van der Waals surface area contributed by atoms with E-state index in [-0.39, 0.29) is 5.82 Å². The number of anilines is 1. The zero-order valence-corrected chi connectivity index (χ0v) is 12.9. The molecule has 0 aromatic carbocycles. The summed E-state index contributed by atoms with van der Waals surface area (Å²) >= 11 is 0. The summed E-state index contributed by atoms with van der Waals surface area (Å²) in [5.41, 5.74) is 8.25. The molecule has 0 bridgehead atoms. The number of amides is 1. The van der Waals surface area contributed by atoms with Crippen LogP contribution in [-0.4, -0.2) is 54.7 Å². The molecule has 2 aromatic rings. The molecule has 128 valence electrons. The van der Waals surface area contributed by atoms with Crippen molar-refractivity contribution in [3.8, 4) is 0 Å². The Labute approximate surface area is 135 Å². The maximum Gasteiger partial charge on any atom is 0.275 e. The van der Waals surface area contributed by atoms with Gasteiger partial charge in [-0.15, -0.1) is 0 Å². The fraction of sp³-hybridized carbons (Fsp3) is 0.538. The minimum Gasteiger partial charge on any atom is -0.382 e. The highest BCUT2D eigenvalue weighted by atomic mass is 16.8. The Morgan fingerprint density at radius 2 is 2.08 bits per heavy atom. The van der Waals surface area contributed by atoms with Gasteiger partial charge in [-0.3, -0.25) is 14.6 Å². The molecule has 11 heteroatoms. The zero-order valence-electron chi connectivity index (χ0n) is 12.9. The van der Waals surface area contributed by atoms with E-state index in [1.807, 2.05) is 0 Å². The number of nitrogens with zero attached hydrogens (tertiary/aromatic N) is 4. The summed E-state index contributed by atoms with van der Waals surface area (Å²) in [6, 6.07) is 0. The normalized spacial score (nSPS) is 31.3. The number of aromatic nitrogens is 4. The molecule has 4 rings (SSSR count). The van der Waals surface area contributed by atoms with Crippen molar-refractivity contribution in [3.05, 3.63) is 12.7 Å². The van der Waals surface area contributed by atoms with Gasteiger partial charge in [0, 0.05) is 0 Å². The minimum atomic E-state index is -1.04. The first-order valence-electron chi connectivity index (χ1n) is 7.29. The third kappa shape index (κ3) is 2.13. The Hall–Kier alpha value is -2.34. The van der Waals surface area contributed by atoms with Crippen molar-refractivity contribution >= 4 is 22.9 Å². The molecule has 2 aromatic heterocycles. The van der Waals surface area contributed by atoms with Crippen LogP contribution in [0.5, 0.6) is 0 Å². The molecule has 11 nitrogen and oxygen atoms in total. The van der Waals surface area contributed by atoms with E-state index in [4.69, 9.17) is 25.2 Å². The van der Waals surface area contributed by atoms with E-state index in [9.17, 15) is 4.79 Å². The van der Waals surface area contributed by atoms with Crippen LogP contribution in [0.1, 0.15) is 20.1 Å². The number of nitrogens with one attached hydrogen (secondary N) is 1. The van der Waals surface area contributed by atoms with Crippen LogP contribution < -0.4 is 11.2 Å². The lowest BCUT2D eigenvalue weighted by Crippen LogP contribution is -2.41. The molecule has 24 heavy (non-hydrogen) atoms. The summed E-state index contributed by atoms with van der Waals surface area (Å²) in [6.07, 6.45) is -0.229. The highest BCUT2D eigenvalue weighted by Crippen LogP contribution is 2.43. The number of imidazole rings is 1. The first-order chi connectivity index (χ1) is 11.4. The molecule has 4 heterocycles.